The fourth-order valence-electron chi connectivity index (χ4n) is 1.26. The molecule has 0 aromatic heterocycles. The Morgan fingerprint density at radius 3 is 2.00 bits per heavy atom. The van der Waals surface area contributed by atoms with Crippen molar-refractivity contribution in [2.45, 2.75) is 0 Å². The molecule has 3 nitrogen and oxygen atoms in total. The van der Waals surface area contributed by atoms with Gasteiger partial charge < -0.3 is 0 Å². The quantitative estimate of drug-likeness (QED) is 0.775. The second-order valence-corrected chi connectivity index (χ2v) is 3.53. The molecule has 0 N–H and O–H groups in total. The van der Waals surface area contributed by atoms with Gasteiger partial charge in [-0.05, 0) is 24.3 Å². The molecule has 0 heterocycles. The first-order chi connectivity index (χ1) is 9.19. The molecular weight excluding hydrogens is 245 g/mol. The fourth-order valence-corrected chi connectivity index (χ4v) is 1.26. The van der Waals surface area contributed by atoms with Gasteiger partial charge in [0.15, 0.2) is 0 Å². The van der Waals surface area contributed by atoms with Gasteiger partial charge in [0.25, 0.3) is 0 Å². The number of halogens is 1. The van der Waals surface area contributed by atoms with Crippen molar-refractivity contribution >= 4 is 12.6 Å². The van der Waals surface area contributed by atoms with E-state index in [1.54, 1.807) is 30.3 Å². The summed E-state index contributed by atoms with van der Waals surface area (Å²) in [6.45, 7) is 0. The molecule has 0 atom stereocenters. The van der Waals surface area contributed by atoms with Crippen molar-refractivity contribution in [2.24, 2.45) is 0 Å². The summed E-state index contributed by atoms with van der Waals surface area (Å²) >= 11 is 0. The number of nitriles is 1. The summed E-state index contributed by atoms with van der Waals surface area (Å²) < 4.78 is 12.2. The molecule has 0 aliphatic heterocycles. The molecule has 0 saturated heterocycles. The molecule has 0 aliphatic rings. The Labute approximate surface area is 109 Å². The zero-order valence-electron chi connectivity index (χ0n) is 9.92. The number of carbonyl (C=O) groups is 2. The highest BCUT2D eigenvalue weighted by molar-refractivity contribution is 5.75. The highest BCUT2D eigenvalue weighted by Gasteiger charge is 1.90. The predicted octanol–water partition coefficient (Wildman–Crippen LogP) is 3.01. The molecule has 2 aromatic rings. The molecule has 94 valence electrons. The van der Waals surface area contributed by atoms with E-state index in [0.29, 0.717) is 23.0 Å². The third-order valence-corrected chi connectivity index (χ3v) is 2.14. The van der Waals surface area contributed by atoms with E-state index in [1.807, 2.05) is 6.07 Å². The van der Waals surface area contributed by atoms with Crippen molar-refractivity contribution in [1.29, 1.82) is 5.26 Å². The molecule has 19 heavy (non-hydrogen) atoms. The highest BCUT2D eigenvalue weighted by Crippen LogP contribution is 2.00. The summed E-state index contributed by atoms with van der Waals surface area (Å²) in [5, 5.41) is 8.39. The second-order valence-electron chi connectivity index (χ2n) is 3.53. The Morgan fingerprint density at radius 1 is 0.947 bits per heavy atom. The SMILES string of the molecule is N#Cc1cccc(C=O)c1.O=Cc1cccc(F)c1. The lowest BCUT2D eigenvalue weighted by molar-refractivity contribution is 0.111. The van der Waals surface area contributed by atoms with Crippen LogP contribution in [0.5, 0.6) is 0 Å². The Bertz CT molecular complexity index is 618. The van der Waals surface area contributed by atoms with E-state index in [4.69, 9.17) is 5.26 Å². The van der Waals surface area contributed by atoms with Crippen molar-refractivity contribution in [3.8, 4) is 6.07 Å². The van der Waals surface area contributed by atoms with Crippen LogP contribution in [-0.2, 0) is 0 Å². The van der Waals surface area contributed by atoms with Gasteiger partial charge in [0, 0.05) is 11.1 Å². The Balaban J connectivity index is 0.000000191. The lowest BCUT2D eigenvalue weighted by Gasteiger charge is -1.87. The van der Waals surface area contributed by atoms with E-state index in [9.17, 15) is 14.0 Å². The molecule has 4 heteroatoms. The molecule has 0 fully saturated rings. The zero-order chi connectivity index (χ0) is 14.1. The van der Waals surface area contributed by atoms with Crippen molar-refractivity contribution in [1.82, 2.24) is 0 Å². The number of benzene rings is 2. The topological polar surface area (TPSA) is 57.9 Å². The largest absolute Gasteiger partial charge is 0.298 e. The first-order valence-corrected chi connectivity index (χ1v) is 5.35. The number of carbonyl (C=O) groups excluding carboxylic acids is 2. The Hall–Kier alpha value is -2.80. The van der Waals surface area contributed by atoms with Crippen molar-refractivity contribution in [3.63, 3.8) is 0 Å². The fraction of sp³-hybridized carbons (Fsp3) is 0. The van der Waals surface area contributed by atoms with Crippen LogP contribution < -0.4 is 0 Å². The van der Waals surface area contributed by atoms with Gasteiger partial charge in [0.05, 0.1) is 11.6 Å². The van der Waals surface area contributed by atoms with Crippen LogP contribution in [0.1, 0.15) is 26.3 Å². The van der Waals surface area contributed by atoms with E-state index in [-0.39, 0.29) is 5.82 Å². The number of aldehydes is 2. The molecular formula is C15H10FNO2. The Kier molecular flexibility index (Phi) is 5.64. The average molecular weight is 255 g/mol. The summed E-state index contributed by atoms with van der Waals surface area (Å²) in [6.07, 6.45) is 1.34. The van der Waals surface area contributed by atoms with Gasteiger partial charge in [-0.2, -0.15) is 5.26 Å². The number of hydrogen-bond donors (Lipinski definition) is 0. The molecule has 0 bridgehead atoms. The summed E-state index contributed by atoms with van der Waals surface area (Å²) in [4.78, 5) is 20.2. The van der Waals surface area contributed by atoms with E-state index in [2.05, 4.69) is 0 Å². The van der Waals surface area contributed by atoms with Crippen LogP contribution in [0.25, 0.3) is 0 Å². The maximum absolute atomic E-state index is 12.2. The smallest absolute Gasteiger partial charge is 0.150 e. The molecule has 0 aliphatic carbocycles. The molecule has 0 amide bonds. The average Bonchev–Trinajstić information content (AvgIpc) is 2.48. The van der Waals surface area contributed by atoms with Gasteiger partial charge in [-0.25, -0.2) is 4.39 Å². The molecule has 0 radical (unpaired) electrons. The summed E-state index contributed by atoms with van der Waals surface area (Å²) in [5.74, 6) is -0.375. The highest BCUT2D eigenvalue weighted by atomic mass is 19.1. The van der Waals surface area contributed by atoms with Gasteiger partial charge in [-0.1, -0.05) is 24.3 Å². The van der Waals surface area contributed by atoms with E-state index in [1.165, 1.54) is 18.2 Å². The maximum atomic E-state index is 12.2. The number of rotatable bonds is 2. The predicted molar refractivity (Wildman–Crippen MR) is 68.3 cm³/mol. The summed E-state index contributed by atoms with van der Waals surface area (Å²) in [7, 11) is 0. The van der Waals surface area contributed by atoms with Crippen molar-refractivity contribution in [3.05, 3.63) is 71.0 Å². The van der Waals surface area contributed by atoms with E-state index in [0.717, 1.165) is 6.29 Å². The van der Waals surface area contributed by atoms with Crippen LogP contribution in [0.3, 0.4) is 0 Å². The van der Waals surface area contributed by atoms with Gasteiger partial charge in [-0.3, -0.25) is 9.59 Å². The minimum atomic E-state index is -0.375. The zero-order valence-corrected chi connectivity index (χ0v) is 9.92. The first-order valence-electron chi connectivity index (χ1n) is 5.35. The van der Waals surface area contributed by atoms with Crippen LogP contribution >= 0.6 is 0 Å². The minimum Gasteiger partial charge on any atom is -0.298 e. The number of hydrogen-bond acceptors (Lipinski definition) is 3. The first kappa shape index (κ1) is 14.3. The lowest BCUT2D eigenvalue weighted by Crippen LogP contribution is -1.79. The third-order valence-electron chi connectivity index (χ3n) is 2.14. The molecule has 0 saturated carbocycles. The van der Waals surface area contributed by atoms with Crippen LogP contribution in [0, 0.1) is 17.1 Å². The standard InChI is InChI=1S/C8H5NO.C7H5FO/c9-5-7-2-1-3-8(4-7)6-10;8-7-3-1-2-6(4-7)5-9/h1-4,6H;1-5H. The third kappa shape index (κ3) is 4.92. The van der Waals surface area contributed by atoms with Crippen LogP contribution in [-0.4, -0.2) is 12.6 Å². The van der Waals surface area contributed by atoms with Crippen molar-refractivity contribution < 1.29 is 14.0 Å². The molecule has 2 aromatic carbocycles. The van der Waals surface area contributed by atoms with Gasteiger partial charge in [0.1, 0.15) is 18.4 Å². The number of nitrogens with zero attached hydrogens (tertiary/aromatic N) is 1. The minimum absolute atomic E-state index is 0.370. The van der Waals surface area contributed by atoms with Crippen molar-refractivity contribution in [2.75, 3.05) is 0 Å². The van der Waals surface area contributed by atoms with E-state index >= 15 is 0 Å². The Morgan fingerprint density at radius 2 is 1.53 bits per heavy atom. The van der Waals surface area contributed by atoms with E-state index < -0.39 is 0 Å². The lowest BCUT2D eigenvalue weighted by atomic mass is 10.2. The van der Waals surface area contributed by atoms with Crippen LogP contribution in [0.4, 0.5) is 4.39 Å². The van der Waals surface area contributed by atoms with Gasteiger partial charge in [-0.15, -0.1) is 0 Å². The van der Waals surface area contributed by atoms with Crippen LogP contribution in [0.2, 0.25) is 0 Å². The van der Waals surface area contributed by atoms with Gasteiger partial charge in [0.2, 0.25) is 0 Å². The monoisotopic (exact) mass is 255 g/mol. The molecule has 0 spiro atoms. The van der Waals surface area contributed by atoms with Crippen LogP contribution in [0.15, 0.2) is 48.5 Å². The van der Waals surface area contributed by atoms with Gasteiger partial charge >= 0.3 is 0 Å². The molecule has 2 rings (SSSR count). The normalized spacial score (nSPS) is 8.63. The summed E-state index contributed by atoms with van der Waals surface area (Å²) in [5.41, 5.74) is 1.43. The summed E-state index contributed by atoms with van der Waals surface area (Å²) in [6, 6.07) is 14.0. The maximum Gasteiger partial charge on any atom is 0.150 e. The second kappa shape index (κ2) is 7.51. The molecule has 0 unspecified atom stereocenters.